The van der Waals surface area contributed by atoms with Crippen LogP contribution >= 0.6 is 0 Å². The first-order chi connectivity index (χ1) is 5.17. The molecule has 0 N–H and O–H groups in total. The average molecular weight is 286 g/mol. The third-order valence-corrected chi connectivity index (χ3v) is 4.50. The summed E-state index contributed by atoms with van der Waals surface area (Å²) in [5.41, 5.74) is 0. The van der Waals surface area contributed by atoms with E-state index < -0.39 is 8.32 Å². The van der Waals surface area contributed by atoms with Crippen molar-refractivity contribution in [1.82, 2.24) is 0 Å². The van der Waals surface area contributed by atoms with Crippen molar-refractivity contribution in [3.63, 3.8) is 0 Å². The summed E-state index contributed by atoms with van der Waals surface area (Å²) in [5, 5.41) is 1.32. The molecule has 0 bridgehead atoms. The minimum Gasteiger partial charge on any atom is -1.00 e. The maximum absolute atomic E-state index is 5.70. The van der Waals surface area contributed by atoms with Gasteiger partial charge in [0.2, 0.25) is 0 Å². The quantitative estimate of drug-likeness (QED) is 0.386. The number of rotatable bonds is 3. The molecular formula is C9H15Cl2OSiTi. The molecule has 0 heterocycles. The van der Waals surface area contributed by atoms with E-state index in [-0.39, 0.29) is 46.5 Å². The molecule has 0 aromatic rings. The van der Waals surface area contributed by atoms with Crippen molar-refractivity contribution in [3.8, 4) is 0 Å². The van der Waals surface area contributed by atoms with Gasteiger partial charge in [-0.05, 0) is 20.0 Å². The Balaban J connectivity index is -0.000000403. The van der Waals surface area contributed by atoms with E-state index in [4.69, 9.17) is 4.43 Å². The van der Waals surface area contributed by atoms with Crippen LogP contribution in [0, 0.1) is 6.08 Å². The van der Waals surface area contributed by atoms with E-state index in [1.807, 2.05) is 6.92 Å². The molecule has 0 saturated carbocycles. The van der Waals surface area contributed by atoms with E-state index in [1.54, 1.807) is 0 Å². The normalized spacial score (nSPS) is 13.5. The van der Waals surface area contributed by atoms with Crippen LogP contribution in [0.2, 0.25) is 13.1 Å². The van der Waals surface area contributed by atoms with Gasteiger partial charge in [-0.1, -0.05) is 0 Å². The Morgan fingerprint density at radius 1 is 1.43 bits per heavy atom. The second-order valence-electron chi connectivity index (χ2n) is 3.14. The zero-order valence-electron chi connectivity index (χ0n) is 8.73. The van der Waals surface area contributed by atoms with E-state index in [9.17, 15) is 0 Å². The molecule has 1 aliphatic carbocycles. The molecule has 1 rings (SSSR count). The van der Waals surface area contributed by atoms with Crippen LogP contribution < -0.4 is 24.8 Å². The van der Waals surface area contributed by atoms with Crippen LogP contribution in [0.3, 0.4) is 0 Å². The van der Waals surface area contributed by atoms with Crippen molar-refractivity contribution >= 4 is 8.32 Å². The molecule has 0 aromatic heterocycles. The van der Waals surface area contributed by atoms with Gasteiger partial charge >= 0.3 is 21.7 Å². The smallest absolute Gasteiger partial charge is 1.00 e. The third-order valence-electron chi connectivity index (χ3n) is 1.85. The first kappa shape index (κ1) is 20.4. The van der Waals surface area contributed by atoms with Gasteiger partial charge in [-0.3, -0.25) is 6.08 Å². The summed E-state index contributed by atoms with van der Waals surface area (Å²) >= 11 is 0. The summed E-state index contributed by atoms with van der Waals surface area (Å²) in [7, 11) is -1.55. The Hall–Kier alpha value is 0.951. The minimum absolute atomic E-state index is 0. The minimum atomic E-state index is -1.55. The largest absolute Gasteiger partial charge is 3.00 e. The maximum atomic E-state index is 5.70. The molecule has 79 valence electrons. The van der Waals surface area contributed by atoms with Crippen LogP contribution in [0.4, 0.5) is 0 Å². The van der Waals surface area contributed by atoms with Crippen LogP contribution in [0.5, 0.6) is 0 Å². The fraction of sp³-hybridized carbons (Fsp3) is 0.556. The maximum Gasteiger partial charge on any atom is 3.00 e. The SMILES string of the molecule is CCO[Si](C)(C)C1=[C-]CC=C1.[Cl-].[Cl-].[Ti+3]. The van der Waals surface area contributed by atoms with E-state index >= 15 is 0 Å². The number of hydrogen-bond acceptors (Lipinski definition) is 1. The molecular weight excluding hydrogens is 271 g/mol. The molecule has 1 nitrogen and oxygen atoms in total. The average Bonchev–Trinajstić information content (AvgIpc) is 2.37. The standard InChI is InChI=1S/C9H15OSi.2ClH.Ti/c1-4-10-11(2,3)9-7-5-6-8-9;;;/h5,7H,4,6H2,1-3H3;2*1H;/q-1;;;+3/p-2. The molecule has 0 aromatic carbocycles. The van der Waals surface area contributed by atoms with Crippen molar-refractivity contribution in [3.05, 3.63) is 23.4 Å². The van der Waals surface area contributed by atoms with Gasteiger partial charge < -0.3 is 29.2 Å². The summed E-state index contributed by atoms with van der Waals surface area (Å²) < 4.78 is 5.70. The Bertz CT molecular complexity index is 205. The predicted octanol–water partition coefficient (Wildman–Crippen LogP) is -3.54. The Morgan fingerprint density at radius 3 is 2.36 bits per heavy atom. The molecule has 1 aliphatic rings. The molecule has 1 radical (unpaired) electrons. The summed E-state index contributed by atoms with van der Waals surface area (Å²) in [6, 6.07) is 0. The van der Waals surface area contributed by atoms with Crippen LogP contribution in [0.15, 0.2) is 17.3 Å². The Kier molecular flexibility index (Phi) is 13.4. The van der Waals surface area contributed by atoms with Crippen molar-refractivity contribution < 1.29 is 51.0 Å². The number of hydrogen-bond donors (Lipinski definition) is 0. The van der Waals surface area contributed by atoms with E-state index in [1.165, 1.54) is 5.20 Å². The van der Waals surface area contributed by atoms with Crippen molar-refractivity contribution in [2.24, 2.45) is 0 Å². The third kappa shape index (κ3) is 5.74. The van der Waals surface area contributed by atoms with Crippen LogP contribution in [-0.4, -0.2) is 14.9 Å². The topological polar surface area (TPSA) is 9.23 Å². The van der Waals surface area contributed by atoms with Crippen molar-refractivity contribution in [1.29, 1.82) is 0 Å². The summed E-state index contributed by atoms with van der Waals surface area (Å²) in [6.45, 7) is 7.30. The Labute approximate surface area is 115 Å². The second kappa shape index (κ2) is 9.20. The van der Waals surface area contributed by atoms with E-state index in [0.717, 1.165) is 13.0 Å². The Morgan fingerprint density at radius 2 is 2.00 bits per heavy atom. The monoisotopic (exact) mass is 285 g/mol. The predicted molar refractivity (Wildman–Crippen MR) is 49.6 cm³/mol. The van der Waals surface area contributed by atoms with Crippen molar-refractivity contribution in [2.45, 2.75) is 26.4 Å². The summed E-state index contributed by atoms with van der Waals surface area (Å²) in [6.07, 6.45) is 8.59. The summed E-state index contributed by atoms with van der Waals surface area (Å²) in [4.78, 5) is 0. The van der Waals surface area contributed by atoms with Crippen molar-refractivity contribution in [2.75, 3.05) is 6.61 Å². The zero-order chi connectivity index (χ0) is 8.32. The van der Waals surface area contributed by atoms with Gasteiger partial charge in [0.1, 0.15) is 0 Å². The molecule has 0 atom stereocenters. The molecule has 0 amide bonds. The molecule has 0 unspecified atom stereocenters. The van der Waals surface area contributed by atoms with Gasteiger partial charge in [0.05, 0.1) is 0 Å². The molecule has 14 heavy (non-hydrogen) atoms. The summed E-state index contributed by atoms with van der Waals surface area (Å²) in [5.74, 6) is 0. The van der Waals surface area contributed by atoms with Gasteiger partial charge in [0.15, 0.2) is 8.32 Å². The van der Waals surface area contributed by atoms with E-state index in [2.05, 4.69) is 31.3 Å². The van der Waals surface area contributed by atoms with Gasteiger partial charge in [-0.25, -0.2) is 11.3 Å². The molecule has 0 fully saturated rings. The molecule has 5 heteroatoms. The number of allylic oxidation sites excluding steroid dienone is 4. The first-order valence-electron chi connectivity index (χ1n) is 4.08. The van der Waals surface area contributed by atoms with Gasteiger partial charge in [-0.15, -0.1) is 6.42 Å². The van der Waals surface area contributed by atoms with Crippen LogP contribution in [0.25, 0.3) is 0 Å². The zero-order valence-corrected chi connectivity index (χ0v) is 12.8. The van der Waals surface area contributed by atoms with Crippen LogP contribution in [0.1, 0.15) is 13.3 Å². The number of halogens is 2. The fourth-order valence-electron chi connectivity index (χ4n) is 1.26. The molecule has 0 spiro atoms. The second-order valence-corrected chi connectivity index (χ2v) is 6.99. The first-order valence-corrected chi connectivity index (χ1v) is 6.99. The van der Waals surface area contributed by atoms with Gasteiger partial charge in [0.25, 0.3) is 0 Å². The molecule has 0 saturated heterocycles. The van der Waals surface area contributed by atoms with Gasteiger partial charge in [-0.2, -0.15) is 6.08 Å². The van der Waals surface area contributed by atoms with E-state index in [0.29, 0.717) is 0 Å². The fourth-order valence-corrected chi connectivity index (χ4v) is 3.18. The molecule has 0 aliphatic heterocycles. The van der Waals surface area contributed by atoms with Crippen LogP contribution in [-0.2, 0) is 26.1 Å². The van der Waals surface area contributed by atoms with Gasteiger partial charge in [0, 0.05) is 6.61 Å².